The molecule has 0 aliphatic heterocycles. The summed E-state index contributed by atoms with van der Waals surface area (Å²) in [6.07, 6.45) is 14.3. The van der Waals surface area contributed by atoms with Crippen molar-refractivity contribution >= 4 is 0 Å². The summed E-state index contributed by atoms with van der Waals surface area (Å²) >= 11 is 0. The molecule has 0 radical (unpaired) electrons. The maximum Gasteiger partial charge on any atom is 0.0110 e. The third-order valence-corrected chi connectivity index (χ3v) is 4.55. The van der Waals surface area contributed by atoms with Crippen molar-refractivity contribution in [1.82, 2.24) is 10.2 Å². The molecule has 18 heavy (non-hydrogen) atoms. The van der Waals surface area contributed by atoms with E-state index in [0.29, 0.717) is 0 Å². The van der Waals surface area contributed by atoms with Gasteiger partial charge in [0.2, 0.25) is 0 Å². The normalized spacial score (nSPS) is 22.3. The van der Waals surface area contributed by atoms with Gasteiger partial charge in [-0.3, -0.25) is 4.90 Å². The predicted octanol–water partition coefficient (Wildman–Crippen LogP) is 3.56. The highest BCUT2D eigenvalue weighted by molar-refractivity contribution is 4.85. The molecule has 2 rings (SSSR count). The van der Waals surface area contributed by atoms with Gasteiger partial charge in [-0.1, -0.05) is 39.0 Å². The largest absolute Gasteiger partial charge is 0.313 e. The lowest BCUT2D eigenvalue weighted by Gasteiger charge is -2.24. The minimum Gasteiger partial charge on any atom is -0.313 e. The lowest BCUT2D eigenvalue weighted by atomic mass is 10.1. The van der Waals surface area contributed by atoms with E-state index in [1.165, 1.54) is 83.8 Å². The van der Waals surface area contributed by atoms with E-state index in [1.54, 1.807) is 0 Å². The Morgan fingerprint density at radius 2 is 1.67 bits per heavy atom. The monoisotopic (exact) mass is 252 g/mol. The molecule has 106 valence electrons. The van der Waals surface area contributed by atoms with E-state index in [9.17, 15) is 0 Å². The SMILES string of the molecule is CCCCN(CCNC1CCCCCC1)C1CC1. The van der Waals surface area contributed by atoms with Gasteiger partial charge in [0.25, 0.3) is 0 Å². The molecule has 2 heteroatoms. The molecule has 0 atom stereocenters. The Bertz CT molecular complexity index is 205. The molecule has 0 spiro atoms. The Morgan fingerprint density at radius 3 is 2.28 bits per heavy atom. The number of nitrogens with one attached hydrogen (secondary N) is 1. The van der Waals surface area contributed by atoms with E-state index in [0.717, 1.165) is 12.1 Å². The van der Waals surface area contributed by atoms with Gasteiger partial charge < -0.3 is 5.32 Å². The summed E-state index contributed by atoms with van der Waals surface area (Å²) in [5.41, 5.74) is 0. The van der Waals surface area contributed by atoms with Crippen molar-refractivity contribution in [2.24, 2.45) is 0 Å². The van der Waals surface area contributed by atoms with Crippen LogP contribution in [0.2, 0.25) is 0 Å². The highest BCUT2D eigenvalue weighted by Gasteiger charge is 2.27. The van der Waals surface area contributed by atoms with Crippen molar-refractivity contribution in [3.63, 3.8) is 0 Å². The molecule has 0 amide bonds. The predicted molar refractivity (Wildman–Crippen MR) is 79.0 cm³/mol. The molecule has 1 N–H and O–H groups in total. The van der Waals surface area contributed by atoms with Crippen LogP contribution >= 0.6 is 0 Å². The average Bonchev–Trinajstić information content (AvgIpc) is 3.20. The Kier molecular flexibility index (Phi) is 6.50. The summed E-state index contributed by atoms with van der Waals surface area (Å²) in [5.74, 6) is 0. The van der Waals surface area contributed by atoms with Crippen LogP contribution in [0.25, 0.3) is 0 Å². The second kappa shape index (κ2) is 8.16. The quantitative estimate of drug-likeness (QED) is 0.664. The molecule has 0 aromatic rings. The maximum atomic E-state index is 3.81. The van der Waals surface area contributed by atoms with Crippen LogP contribution in [0, 0.1) is 0 Å². The van der Waals surface area contributed by atoms with Gasteiger partial charge in [0.05, 0.1) is 0 Å². The lowest BCUT2D eigenvalue weighted by Crippen LogP contribution is -2.38. The number of rotatable bonds is 8. The molecular formula is C16H32N2. The Hall–Kier alpha value is -0.0800. The van der Waals surface area contributed by atoms with E-state index in [4.69, 9.17) is 0 Å². The van der Waals surface area contributed by atoms with Crippen LogP contribution in [0.4, 0.5) is 0 Å². The first-order valence-electron chi connectivity index (χ1n) is 8.37. The fourth-order valence-electron chi connectivity index (χ4n) is 3.17. The molecular weight excluding hydrogens is 220 g/mol. The zero-order valence-electron chi connectivity index (χ0n) is 12.3. The fourth-order valence-corrected chi connectivity index (χ4v) is 3.17. The summed E-state index contributed by atoms with van der Waals surface area (Å²) in [5, 5.41) is 3.81. The van der Waals surface area contributed by atoms with Crippen LogP contribution < -0.4 is 5.32 Å². The van der Waals surface area contributed by atoms with E-state index in [-0.39, 0.29) is 0 Å². The molecule has 0 unspecified atom stereocenters. The summed E-state index contributed by atoms with van der Waals surface area (Å²) in [6, 6.07) is 1.76. The van der Waals surface area contributed by atoms with Crippen molar-refractivity contribution in [2.45, 2.75) is 83.2 Å². The van der Waals surface area contributed by atoms with Crippen LogP contribution in [0.5, 0.6) is 0 Å². The topological polar surface area (TPSA) is 15.3 Å². The van der Waals surface area contributed by atoms with E-state index < -0.39 is 0 Å². The molecule has 0 saturated heterocycles. The van der Waals surface area contributed by atoms with Gasteiger partial charge in [-0.05, 0) is 38.6 Å². The average molecular weight is 252 g/mol. The lowest BCUT2D eigenvalue weighted by molar-refractivity contribution is 0.253. The van der Waals surface area contributed by atoms with Crippen LogP contribution in [0.3, 0.4) is 0 Å². The third-order valence-electron chi connectivity index (χ3n) is 4.55. The Morgan fingerprint density at radius 1 is 0.944 bits per heavy atom. The Labute approximate surface area is 114 Å². The minimum atomic E-state index is 0.819. The van der Waals surface area contributed by atoms with Gasteiger partial charge in [0.15, 0.2) is 0 Å². The molecule has 2 saturated carbocycles. The second-order valence-corrected chi connectivity index (χ2v) is 6.26. The van der Waals surface area contributed by atoms with Gasteiger partial charge in [0.1, 0.15) is 0 Å². The van der Waals surface area contributed by atoms with Crippen molar-refractivity contribution in [3.8, 4) is 0 Å². The zero-order chi connectivity index (χ0) is 12.6. The zero-order valence-corrected chi connectivity index (χ0v) is 12.3. The van der Waals surface area contributed by atoms with Crippen LogP contribution in [-0.2, 0) is 0 Å². The standard InChI is InChI=1S/C16H32N2/c1-2-3-13-18(16-10-11-16)14-12-17-15-8-6-4-5-7-9-15/h15-17H,2-14H2,1H3. The molecule has 2 nitrogen and oxygen atoms in total. The highest BCUT2D eigenvalue weighted by Crippen LogP contribution is 2.26. The van der Waals surface area contributed by atoms with E-state index in [1.807, 2.05) is 0 Å². The summed E-state index contributed by atoms with van der Waals surface area (Å²) in [7, 11) is 0. The van der Waals surface area contributed by atoms with Gasteiger partial charge in [-0.15, -0.1) is 0 Å². The van der Waals surface area contributed by atoms with Gasteiger partial charge >= 0.3 is 0 Å². The molecule has 2 aliphatic carbocycles. The molecule has 0 aromatic heterocycles. The molecule has 2 fully saturated rings. The van der Waals surface area contributed by atoms with Crippen molar-refractivity contribution < 1.29 is 0 Å². The van der Waals surface area contributed by atoms with Gasteiger partial charge in [-0.2, -0.15) is 0 Å². The maximum absolute atomic E-state index is 3.81. The summed E-state index contributed by atoms with van der Waals surface area (Å²) in [6.45, 7) is 6.12. The first-order chi connectivity index (χ1) is 8.90. The number of nitrogens with zero attached hydrogens (tertiary/aromatic N) is 1. The van der Waals surface area contributed by atoms with Gasteiger partial charge in [-0.25, -0.2) is 0 Å². The smallest absolute Gasteiger partial charge is 0.0110 e. The molecule has 0 aromatic carbocycles. The summed E-state index contributed by atoms with van der Waals surface area (Å²) in [4.78, 5) is 2.73. The van der Waals surface area contributed by atoms with E-state index >= 15 is 0 Å². The highest BCUT2D eigenvalue weighted by atomic mass is 15.2. The van der Waals surface area contributed by atoms with Crippen LogP contribution in [0.15, 0.2) is 0 Å². The van der Waals surface area contributed by atoms with Crippen molar-refractivity contribution in [3.05, 3.63) is 0 Å². The van der Waals surface area contributed by atoms with Crippen molar-refractivity contribution in [1.29, 1.82) is 0 Å². The third kappa shape index (κ3) is 5.27. The number of hydrogen-bond donors (Lipinski definition) is 1. The first kappa shape index (κ1) is 14.3. The van der Waals surface area contributed by atoms with Gasteiger partial charge in [0, 0.05) is 25.2 Å². The van der Waals surface area contributed by atoms with E-state index in [2.05, 4.69) is 17.1 Å². The first-order valence-corrected chi connectivity index (χ1v) is 8.37. The number of hydrogen-bond acceptors (Lipinski definition) is 2. The molecule has 0 bridgehead atoms. The summed E-state index contributed by atoms with van der Waals surface area (Å²) < 4.78 is 0. The molecule has 2 aliphatic rings. The fraction of sp³-hybridized carbons (Fsp3) is 1.00. The van der Waals surface area contributed by atoms with Crippen LogP contribution in [-0.4, -0.2) is 36.6 Å². The molecule has 0 heterocycles. The minimum absolute atomic E-state index is 0.819. The second-order valence-electron chi connectivity index (χ2n) is 6.26. The number of unbranched alkanes of at least 4 members (excludes halogenated alkanes) is 1. The Balaban J connectivity index is 1.59. The van der Waals surface area contributed by atoms with Crippen molar-refractivity contribution in [2.75, 3.05) is 19.6 Å². The van der Waals surface area contributed by atoms with Crippen LogP contribution in [0.1, 0.15) is 71.1 Å².